The molecule has 1 rings (SSSR count). The molecule has 1 aromatic carbocycles. The summed E-state index contributed by atoms with van der Waals surface area (Å²) in [6, 6.07) is 2.02. The van der Waals surface area contributed by atoms with E-state index in [1.54, 1.807) is 6.07 Å². The van der Waals surface area contributed by atoms with Crippen LogP contribution in [0.15, 0.2) is 21.1 Å². The summed E-state index contributed by atoms with van der Waals surface area (Å²) in [5.41, 5.74) is 5.76. The molecule has 82 valence electrons. The molecule has 15 heavy (non-hydrogen) atoms. The summed E-state index contributed by atoms with van der Waals surface area (Å²) in [5, 5.41) is 8.55. The van der Waals surface area contributed by atoms with E-state index in [9.17, 15) is 9.18 Å². The summed E-state index contributed by atoms with van der Waals surface area (Å²) in [6.07, 6.45) is -0.308. The molecule has 1 atom stereocenters. The average Bonchev–Trinajstić information content (AvgIpc) is 1.99. The lowest BCUT2D eigenvalue weighted by Gasteiger charge is -2.13. The first-order valence-corrected chi connectivity index (χ1v) is 5.62. The highest BCUT2D eigenvalue weighted by molar-refractivity contribution is 9.11. The van der Waals surface area contributed by atoms with Gasteiger partial charge in [-0.3, -0.25) is 4.79 Å². The van der Waals surface area contributed by atoms with Crippen molar-refractivity contribution in [1.82, 2.24) is 0 Å². The van der Waals surface area contributed by atoms with E-state index in [0.29, 0.717) is 8.95 Å². The van der Waals surface area contributed by atoms with Gasteiger partial charge in [-0.25, -0.2) is 4.39 Å². The minimum atomic E-state index is -1.06. The molecule has 0 aliphatic heterocycles. The van der Waals surface area contributed by atoms with E-state index in [-0.39, 0.29) is 12.0 Å². The third-order valence-corrected chi connectivity index (χ3v) is 2.92. The Balaban J connectivity index is 3.08. The molecule has 0 amide bonds. The van der Waals surface area contributed by atoms with Crippen LogP contribution < -0.4 is 5.73 Å². The van der Waals surface area contributed by atoms with Gasteiger partial charge in [-0.05, 0) is 12.1 Å². The van der Waals surface area contributed by atoms with Crippen LogP contribution in [0.5, 0.6) is 0 Å². The third kappa shape index (κ3) is 3.25. The third-order valence-electron chi connectivity index (χ3n) is 1.81. The molecular formula is C9H8Br2FNO2. The quantitative estimate of drug-likeness (QED) is 0.889. The van der Waals surface area contributed by atoms with E-state index < -0.39 is 17.8 Å². The minimum Gasteiger partial charge on any atom is -0.481 e. The fourth-order valence-electron chi connectivity index (χ4n) is 1.20. The van der Waals surface area contributed by atoms with E-state index >= 15 is 0 Å². The van der Waals surface area contributed by atoms with Gasteiger partial charge in [-0.2, -0.15) is 0 Å². The van der Waals surface area contributed by atoms with Crippen LogP contribution in [0.1, 0.15) is 18.0 Å². The van der Waals surface area contributed by atoms with Gasteiger partial charge in [0.25, 0.3) is 0 Å². The number of benzene rings is 1. The summed E-state index contributed by atoms with van der Waals surface area (Å²) in [5.74, 6) is -1.58. The predicted octanol–water partition coefficient (Wildman–Crippen LogP) is 2.83. The lowest BCUT2D eigenvalue weighted by molar-refractivity contribution is -0.137. The molecule has 1 unspecified atom stereocenters. The van der Waals surface area contributed by atoms with Crippen molar-refractivity contribution >= 4 is 37.8 Å². The molecule has 3 nitrogen and oxygen atoms in total. The summed E-state index contributed by atoms with van der Waals surface area (Å²) in [6.45, 7) is 0. The van der Waals surface area contributed by atoms with Crippen molar-refractivity contribution in [2.24, 2.45) is 5.73 Å². The Labute approximate surface area is 103 Å². The van der Waals surface area contributed by atoms with E-state index in [1.165, 1.54) is 6.07 Å². The zero-order chi connectivity index (χ0) is 11.6. The smallest absolute Gasteiger partial charge is 0.305 e. The summed E-state index contributed by atoms with van der Waals surface area (Å²) in [7, 11) is 0. The molecule has 1 aromatic rings. The Morgan fingerprint density at radius 1 is 1.53 bits per heavy atom. The Kier molecular flexibility index (Phi) is 4.24. The lowest BCUT2D eigenvalue weighted by atomic mass is 10.0. The Hall–Kier alpha value is -0.460. The standard InChI is InChI=1S/C9H8Br2FNO2/c10-4-1-5(11)9(6(12)2-4)7(13)3-8(14)15/h1-2,7H,3,13H2,(H,14,15). The van der Waals surface area contributed by atoms with Gasteiger partial charge in [0, 0.05) is 20.6 Å². The monoisotopic (exact) mass is 339 g/mol. The van der Waals surface area contributed by atoms with Crippen LogP contribution in [0.4, 0.5) is 4.39 Å². The summed E-state index contributed by atoms with van der Waals surface area (Å²) < 4.78 is 14.5. The number of rotatable bonds is 3. The first-order valence-electron chi connectivity index (χ1n) is 4.03. The van der Waals surface area contributed by atoms with Crippen LogP contribution in [0.3, 0.4) is 0 Å². The van der Waals surface area contributed by atoms with Gasteiger partial charge in [0.1, 0.15) is 5.82 Å². The molecule has 0 radical (unpaired) electrons. The Morgan fingerprint density at radius 3 is 2.60 bits per heavy atom. The normalized spacial score (nSPS) is 12.5. The fourth-order valence-corrected chi connectivity index (χ4v) is 2.66. The van der Waals surface area contributed by atoms with Crippen molar-refractivity contribution < 1.29 is 14.3 Å². The Bertz CT molecular complexity index is 375. The van der Waals surface area contributed by atoms with Crippen molar-refractivity contribution in [1.29, 1.82) is 0 Å². The second-order valence-electron chi connectivity index (χ2n) is 2.99. The predicted molar refractivity (Wildman–Crippen MR) is 61.0 cm³/mol. The molecule has 3 N–H and O–H groups in total. The Morgan fingerprint density at radius 2 is 2.13 bits per heavy atom. The highest BCUT2D eigenvalue weighted by Crippen LogP contribution is 2.30. The molecule has 0 fully saturated rings. The number of carboxylic acids is 1. The fraction of sp³-hybridized carbons (Fsp3) is 0.222. The van der Waals surface area contributed by atoms with Gasteiger partial charge < -0.3 is 10.8 Å². The molecule has 0 aromatic heterocycles. The van der Waals surface area contributed by atoms with Gasteiger partial charge in [0.2, 0.25) is 0 Å². The second kappa shape index (κ2) is 5.05. The second-order valence-corrected chi connectivity index (χ2v) is 4.76. The number of carboxylic acid groups (broad SMARTS) is 1. The van der Waals surface area contributed by atoms with Gasteiger partial charge in [-0.15, -0.1) is 0 Å². The van der Waals surface area contributed by atoms with Gasteiger partial charge in [0.05, 0.1) is 6.42 Å². The van der Waals surface area contributed by atoms with E-state index in [1.807, 2.05) is 0 Å². The highest BCUT2D eigenvalue weighted by Gasteiger charge is 2.18. The molecule has 0 saturated heterocycles. The maximum Gasteiger partial charge on any atom is 0.305 e. The largest absolute Gasteiger partial charge is 0.481 e. The van der Waals surface area contributed by atoms with Crippen molar-refractivity contribution in [3.05, 3.63) is 32.5 Å². The zero-order valence-electron chi connectivity index (χ0n) is 7.51. The molecule has 0 bridgehead atoms. The van der Waals surface area contributed by atoms with E-state index in [0.717, 1.165) is 0 Å². The number of halogens is 3. The number of hydrogen-bond donors (Lipinski definition) is 2. The van der Waals surface area contributed by atoms with Crippen LogP contribution in [-0.4, -0.2) is 11.1 Å². The molecule has 0 spiro atoms. The molecular weight excluding hydrogens is 333 g/mol. The topological polar surface area (TPSA) is 63.3 Å². The van der Waals surface area contributed by atoms with Gasteiger partial charge in [0.15, 0.2) is 0 Å². The summed E-state index contributed by atoms with van der Waals surface area (Å²) in [4.78, 5) is 10.4. The molecule has 6 heteroatoms. The molecule has 0 aliphatic carbocycles. The van der Waals surface area contributed by atoms with E-state index in [4.69, 9.17) is 10.8 Å². The van der Waals surface area contributed by atoms with Crippen molar-refractivity contribution in [2.75, 3.05) is 0 Å². The number of aliphatic carboxylic acids is 1. The maximum atomic E-state index is 13.5. The maximum absolute atomic E-state index is 13.5. The first-order chi connectivity index (χ1) is 6.91. The number of hydrogen-bond acceptors (Lipinski definition) is 2. The summed E-state index contributed by atoms with van der Waals surface area (Å²) >= 11 is 6.27. The zero-order valence-corrected chi connectivity index (χ0v) is 10.7. The van der Waals surface area contributed by atoms with Crippen LogP contribution in [-0.2, 0) is 4.79 Å². The SMILES string of the molecule is NC(CC(=O)O)c1c(F)cc(Br)cc1Br. The molecule has 0 saturated carbocycles. The van der Waals surface area contributed by atoms with Crippen molar-refractivity contribution in [3.8, 4) is 0 Å². The number of nitrogens with two attached hydrogens (primary N) is 1. The minimum absolute atomic E-state index is 0.181. The number of carbonyl (C=O) groups is 1. The van der Waals surface area contributed by atoms with Crippen LogP contribution in [0.2, 0.25) is 0 Å². The first kappa shape index (κ1) is 12.6. The van der Waals surface area contributed by atoms with E-state index in [2.05, 4.69) is 31.9 Å². The van der Waals surface area contributed by atoms with Crippen molar-refractivity contribution in [2.45, 2.75) is 12.5 Å². The highest BCUT2D eigenvalue weighted by atomic mass is 79.9. The van der Waals surface area contributed by atoms with Crippen LogP contribution in [0.25, 0.3) is 0 Å². The average molecular weight is 341 g/mol. The van der Waals surface area contributed by atoms with Crippen LogP contribution in [0, 0.1) is 5.82 Å². The van der Waals surface area contributed by atoms with Crippen LogP contribution >= 0.6 is 31.9 Å². The van der Waals surface area contributed by atoms with Gasteiger partial charge >= 0.3 is 5.97 Å². The molecule has 0 heterocycles. The van der Waals surface area contributed by atoms with Crippen molar-refractivity contribution in [3.63, 3.8) is 0 Å². The lowest BCUT2D eigenvalue weighted by Crippen LogP contribution is -2.17. The van der Waals surface area contributed by atoms with Gasteiger partial charge in [-0.1, -0.05) is 31.9 Å². The molecule has 0 aliphatic rings.